The number of carbonyl (C=O) groups is 1. The molecule has 2 aliphatic rings. The zero-order valence-corrected chi connectivity index (χ0v) is 24.3. The van der Waals surface area contributed by atoms with Gasteiger partial charge >= 0.3 is 5.97 Å². The normalized spacial score (nSPS) is 21.3. The number of aryl methyl sites for hydroxylation is 3. The minimum Gasteiger partial charge on any atom is -0.488 e. The fourth-order valence-electron chi connectivity index (χ4n) is 5.52. The molecule has 1 heterocycles. The van der Waals surface area contributed by atoms with Crippen molar-refractivity contribution in [2.75, 3.05) is 38.4 Å². The number of carbonyl (C=O) groups excluding carboxylic acids is 1. The number of benzene rings is 2. The van der Waals surface area contributed by atoms with E-state index in [0.29, 0.717) is 63.8 Å². The van der Waals surface area contributed by atoms with Gasteiger partial charge < -0.3 is 23.7 Å². The summed E-state index contributed by atoms with van der Waals surface area (Å²) in [5.74, 6) is 0.379. The third-order valence-electron chi connectivity index (χ3n) is 7.20. The molecule has 0 bridgehead atoms. The lowest BCUT2D eigenvalue weighted by Gasteiger charge is -2.37. The zero-order valence-electron chi connectivity index (χ0n) is 22.7. The van der Waals surface area contributed by atoms with Crippen LogP contribution in [0.15, 0.2) is 48.2 Å². The van der Waals surface area contributed by atoms with Crippen molar-refractivity contribution in [2.24, 2.45) is 0 Å². The second-order valence-electron chi connectivity index (χ2n) is 10.1. The Balaban J connectivity index is 1.46. The van der Waals surface area contributed by atoms with Crippen LogP contribution in [0.4, 0.5) is 0 Å². The summed E-state index contributed by atoms with van der Waals surface area (Å²) in [5.41, 5.74) is 5.09. The maximum Gasteiger partial charge on any atom is 0.343 e. The Hall–Kier alpha value is -2.19. The van der Waals surface area contributed by atoms with Gasteiger partial charge in [-0.1, -0.05) is 64.0 Å². The lowest BCUT2D eigenvalue weighted by molar-refractivity contribution is -0.154. The van der Waals surface area contributed by atoms with Crippen LogP contribution >= 0.6 is 15.9 Å². The number of alkyl halides is 1. The van der Waals surface area contributed by atoms with Crippen molar-refractivity contribution >= 4 is 27.5 Å². The monoisotopic (exact) mass is 586 g/mol. The number of rotatable bonds is 13. The van der Waals surface area contributed by atoms with Crippen molar-refractivity contribution < 1.29 is 28.5 Å². The summed E-state index contributed by atoms with van der Waals surface area (Å²) in [6.07, 6.45) is 3.03. The molecule has 206 valence electrons. The summed E-state index contributed by atoms with van der Waals surface area (Å²) < 4.78 is 29.8. The average molecular weight is 588 g/mol. The Labute approximate surface area is 234 Å². The first-order chi connectivity index (χ1) is 18.4. The van der Waals surface area contributed by atoms with Gasteiger partial charge in [-0.05, 0) is 68.7 Å². The molecule has 0 amide bonds. The van der Waals surface area contributed by atoms with Gasteiger partial charge in [-0.3, -0.25) is 0 Å². The topological polar surface area (TPSA) is 63.2 Å². The van der Waals surface area contributed by atoms with Crippen LogP contribution in [0, 0.1) is 20.8 Å². The minimum atomic E-state index is -0.756. The van der Waals surface area contributed by atoms with Crippen LogP contribution in [0.5, 0.6) is 0 Å². The van der Waals surface area contributed by atoms with E-state index in [1.54, 1.807) is 0 Å². The molecule has 2 aromatic carbocycles. The van der Waals surface area contributed by atoms with Gasteiger partial charge in [0.1, 0.15) is 12.2 Å². The summed E-state index contributed by atoms with van der Waals surface area (Å²) in [6.45, 7) is 9.47. The quantitative estimate of drug-likeness (QED) is 0.158. The molecule has 1 aliphatic carbocycles. The molecule has 0 atom stereocenters. The van der Waals surface area contributed by atoms with Crippen LogP contribution in [-0.2, 0) is 35.1 Å². The van der Waals surface area contributed by atoms with E-state index in [1.165, 1.54) is 5.56 Å². The number of halogens is 1. The Bertz CT molecular complexity index is 1080. The third-order valence-corrected chi connectivity index (χ3v) is 7.52. The number of hydrogen-bond acceptors (Lipinski definition) is 6. The van der Waals surface area contributed by atoms with E-state index < -0.39 is 5.60 Å². The molecule has 2 aromatic rings. The summed E-state index contributed by atoms with van der Waals surface area (Å²) in [4.78, 5) is 13.5. The standard InChI is InChI=1S/C31H39BrO6/c1-22-19-23(2)27(24(3)20-22)28-29(37-21-25-7-5-4-6-8-25)31(38-30(28)33)11-9-26(10-12-31)36-18-17-35-16-15-34-14-13-32/h4-8,19-20,26H,9-18,21H2,1-3H3/t26-,31-. The lowest BCUT2D eigenvalue weighted by atomic mass is 9.80. The molecule has 0 unspecified atom stereocenters. The third kappa shape index (κ3) is 7.06. The van der Waals surface area contributed by atoms with Gasteiger partial charge in [0, 0.05) is 5.33 Å². The summed E-state index contributed by atoms with van der Waals surface area (Å²) in [6, 6.07) is 14.3. The van der Waals surface area contributed by atoms with E-state index >= 15 is 0 Å². The maximum atomic E-state index is 13.5. The molecule has 1 fully saturated rings. The summed E-state index contributed by atoms with van der Waals surface area (Å²) in [7, 11) is 0. The number of hydrogen-bond donors (Lipinski definition) is 0. The van der Waals surface area contributed by atoms with Crippen molar-refractivity contribution in [2.45, 2.75) is 64.8 Å². The molecule has 0 N–H and O–H groups in total. The largest absolute Gasteiger partial charge is 0.488 e. The molecule has 1 aliphatic heterocycles. The van der Waals surface area contributed by atoms with Gasteiger partial charge in [-0.2, -0.15) is 0 Å². The Morgan fingerprint density at radius 2 is 1.55 bits per heavy atom. The van der Waals surface area contributed by atoms with Gasteiger partial charge in [0.2, 0.25) is 0 Å². The highest BCUT2D eigenvalue weighted by molar-refractivity contribution is 9.09. The molecule has 6 nitrogen and oxygen atoms in total. The van der Waals surface area contributed by atoms with E-state index in [-0.39, 0.29) is 12.1 Å². The second-order valence-corrected chi connectivity index (χ2v) is 10.9. The van der Waals surface area contributed by atoms with Gasteiger partial charge in [0.05, 0.1) is 39.1 Å². The predicted octanol–water partition coefficient (Wildman–Crippen LogP) is 6.22. The first-order valence-corrected chi connectivity index (χ1v) is 14.6. The summed E-state index contributed by atoms with van der Waals surface area (Å²) in [5, 5.41) is 0.828. The van der Waals surface area contributed by atoms with Gasteiger partial charge in [-0.25, -0.2) is 4.79 Å². The van der Waals surface area contributed by atoms with Crippen LogP contribution in [0.25, 0.3) is 5.57 Å². The Kier molecular flexibility index (Phi) is 10.4. The molecule has 7 heteroatoms. The first kappa shape index (κ1) is 28.8. The zero-order chi connectivity index (χ0) is 27.0. The fourth-order valence-corrected chi connectivity index (χ4v) is 5.75. The predicted molar refractivity (Wildman–Crippen MR) is 151 cm³/mol. The van der Waals surface area contributed by atoms with Crippen molar-refractivity contribution in [3.63, 3.8) is 0 Å². The average Bonchev–Trinajstić information content (AvgIpc) is 3.15. The van der Waals surface area contributed by atoms with E-state index in [2.05, 4.69) is 48.8 Å². The molecule has 1 saturated carbocycles. The van der Waals surface area contributed by atoms with Crippen LogP contribution in [0.2, 0.25) is 0 Å². The van der Waals surface area contributed by atoms with Gasteiger partial charge in [-0.15, -0.1) is 0 Å². The molecule has 0 saturated heterocycles. The molecule has 4 rings (SSSR count). The van der Waals surface area contributed by atoms with Crippen molar-refractivity contribution in [3.8, 4) is 0 Å². The van der Waals surface area contributed by atoms with Gasteiger partial charge in [0.15, 0.2) is 11.4 Å². The molecule has 0 radical (unpaired) electrons. The van der Waals surface area contributed by atoms with Crippen LogP contribution in [0.3, 0.4) is 0 Å². The molecule has 1 spiro atoms. The molecule has 0 aromatic heterocycles. The molecular formula is C31H39BrO6. The second kappa shape index (κ2) is 13.7. The minimum absolute atomic E-state index is 0.106. The molecular weight excluding hydrogens is 548 g/mol. The van der Waals surface area contributed by atoms with Crippen molar-refractivity contribution in [3.05, 3.63) is 76.0 Å². The van der Waals surface area contributed by atoms with E-state index in [9.17, 15) is 4.79 Å². The highest BCUT2D eigenvalue weighted by Crippen LogP contribution is 2.48. The highest BCUT2D eigenvalue weighted by atomic mass is 79.9. The smallest absolute Gasteiger partial charge is 0.343 e. The van der Waals surface area contributed by atoms with E-state index in [1.807, 2.05) is 30.3 Å². The van der Waals surface area contributed by atoms with Crippen LogP contribution < -0.4 is 0 Å². The van der Waals surface area contributed by atoms with Crippen LogP contribution in [0.1, 0.15) is 53.5 Å². The van der Waals surface area contributed by atoms with Crippen molar-refractivity contribution in [1.29, 1.82) is 0 Å². The first-order valence-electron chi connectivity index (χ1n) is 13.5. The maximum absolute atomic E-state index is 13.5. The number of esters is 1. The van der Waals surface area contributed by atoms with E-state index in [4.69, 9.17) is 23.7 Å². The lowest BCUT2D eigenvalue weighted by Crippen LogP contribution is -2.40. The highest BCUT2D eigenvalue weighted by Gasteiger charge is 2.52. The summed E-state index contributed by atoms with van der Waals surface area (Å²) >= 11 is 3.34. The fraction of sp³-hybridized carbons (Fsp3) is 0.516. The van der Waals surface area contributed by atoms with Crippen molar-refractivity contribution in [1.82, 2.24) is 0 Å². The van der Waals surface area contributed by atoms with Gasteiger partial charge in [0.25, 0.3) is 0 Å². The molecule has 38 heavy (non-hydrogen) atoms. The van der Waals surface area contributed by atoms with E-state index in [0.717, 1.165) is 40.4 Å². The SMILES string of the molecule is Cc1cc(C)c(C2=C(OCc3ccccc3)[C@]3(CC[C@@H](OCCOCCOCCBr)CC3)OC2=O)c(C)c1. The number of ether oxygens (including phenoxy) is 5. The Morgan fingerprint density at radius 3 is 2.21 bits per heavy atom. The van der Waals surface area contributed by atoms with Crippen LogP contribution in [-0.4, -0.2) is 56.0 Å². The Morgan fingerprint density at radius 1 is 0.921 bits per heavy atom.